The average molecular weight is 171 g/mol. The second-order valence-corrected chi connectivity index (χ2v) is 2.67. The molecule has 0 saturated carbocycles. The number of carbonyl (C=O) groups excluding carboxylic acids is 1. The summed E-state index contributed by atoms with van der Waals surface area (Å²) in [6.45, 7) is 11.0. The maximum Gasteiger partial charge on any atom is 0.410 e. The maximum absolute atomic E-state index is 11.2. The zero-order chi connectivity index (χ0) is 9.56. The van der Waals surface area contributed by atoms with E-state index in [1.807, 2.05) is 13.8 Å². The van der Waals surface area contributed by atoms with Crippen molar-refractivity contribution in [2.24, 2.45) is 0 Å². The molecule has 1 amide bonds. The zero-order valence-corrected chi connectivity index (χ0v) is 8.09. The summed E-state index contributed by atoms with van der Waals surface area (Å²) in [6.07, 6.45) is -0.261. The van der Waals surface area contributed by atoms with Crippen molar-refractivity contribution in [1.82, 2.24) is 4.90 Å². The average Bonchev–Trinajstić information content (AvgIpc) is 2.00. The monoisotopic (exact) mass is 171 g/mol. The molecule has 0 rings (SSSR count). The van der Waals surface area contributed by atoms with Gasteiger partial charge < -0.3 is 9.64 Å². The molecule has 0 aliphatic heterocycles. The third-order valence-corrected chi connectivity index (χ3v) is 1.37. The SMILES string of the molecule is C=C(C)CN(CC)C(=O)OCC. The Morgan fingerprint density at radius 3 is 2.42 bits per heavy atom. The van der Waals surface area contributed by atoms with E-state index >= 15 is 0 Å². The third-order valence-electron chi connectivity index (χ3n) is 1.37. The molecule has 0 aliphatic carbocycles. The van der Waals surface area contributed by atoms with Gasteiger partial charge in [0.1, 0.15) is 0 Å². The molecule has 0 saturated heterocycles. The van der Waals surface area contributed by atoms with E-state index in [0.717, 1.165) is 5.57 Å². The zero-order valence-electron chi connectivity index (χ0n) is 8.09. The number of rotatable bonds is 4. The number of nitrogens with zero attached hydrogens (tertiary/aromatic N) is 1. The topological polar surface area (TPSA) is 29.5 Å². The highest BCUT2D eigenvalue weighted by molar-refractivity contribution is 5.67. The summed E-state index contributed by atoms with van der Waals surface area (Å²) in [5.74, 6) is 0. The molecule has 0 spiro atoms. The molecule has 0 radical (unpaired) electrons. The Bertz CT molecular complexity index is 166. The van der Waals surface area contributed by atoms with E-state index in [2.05, 4.69) is 6.58 Å². The Labute approximate surface area is 74.0 Å². The van der Waals surface area contributed by atoms with Gasteiger partial charge in [0.2, 0.25) is 0 Å². The van der Waals surface area contributed by atoms with Crippen molar-refractivity contribution in [3.05, 3.63) is 12.2 Å². The fraction of sp³-hybridized carbons (Fsp3) is 0.667. The van der Waals surface area contributed by atoms with Crippen LogP contribution in [-0.2, 0) is 4.74 Å². The number of carbonyl (C=O) groups is 1. The molecule has 0 heterocycles. The van der Waals surface area contributed by atoms with Gasteiger partial charge in [0.05, 0.1) is 6.61 Å². The third kappa shape index (κ3) is 4.01. The predicted molar refractivity (Wildman–Crippen MR) is 49.1 cm³/mol. The summed E-state index contributed by atoms with van der Waals surface area (Å²) >= 11 is 0. The van der Waals surface area contributed by atoms with Crippen LogP contribution in [0.5, 0.6) is 0 Å². The van der Waals surface area contributed by atoms with Gasteiger partial charge in [-0.3, -0.25) is 0 Å². The van der Waals surface area contributed by atoms with Crippen molar-refractivity contribution in [1.29, 1.82) is 0 Å². The molecule has 0 aromatic heterocycles. The van der Waals surface area contributed by atoms with Gasteiger partial charge in [0.15, 0.2) is 0 Å². The number of ether oxygens (including phenoxy) is 1. The number of likely N-dealkylation sites (N-methyl/N-ethyl adjacent to an activating group) is 1. The molecule has 3 nitrogen and oxygen atoms in total. The van der Waals surface area contributed by atoms with Crippen LogP contribution in [0.25, 0.3) is 0 Å². The minimum atomic E-state index is -0.261. The lowest BCUT2D eigenvalue weighted by atomic mass is 10.3. The van der Waals surface area contributed by atoms with Gasteiger partial charge in [0.25, 0.3) is 0 Å². The summed E-state index contributed by atoms with van der Waals surface area (Å²) in [7, 11) is 0. The first-order valence-corrected chi connectivity index (χ1v) is 4.17. The van der Waals surface area contributed by atoms with Gasteiger partial charge in [-0.15, -0.1) is 0 Å². The molecule has 0 bridgehead atoms. The molecule has 70 valence electrons. The lowest BCUT2D eigenvalue weighted by Gasteiger charge is -2.19. The number of hydrogen-bond donors (Lipinski definition) is 0. The van der Waals surface area contributed by atoms with Gasteiger partial charge in [-0.05, 0) is 20.8 Å². The van der Waals surface area contributed by atoms with Crippen LogP contribution in [0.3, 0.4) is 0 Å². The maximum atomic E-state index is 11.2. The minimum Gasteiger partial charge on any atom is -0.450 e. The first-order chi connectivity index (χ1) is 5.61. The van der Waals surface area contributed by atoms with Gasteiger partial charge in [-0.25, -0.2) is 4.79 Å². The Morgan fingerprint density at radius 1 is 1.50 bits per heavy atom. The standard InChI is InChI=1S/C9H17NO2/c1-5-10(7-8(3)4)9(11)12-6-2/h3,5-7H2,1-2,4H3. The Morgan fingerprint density at radius 2 is 2.08 bits per heavy atom. The fourth-order valence-electron chi connectivity index (χ4n) is 0.846. The summed E-state index contributed by atoms with van der Waals surface area (Å²) in [4.78, 5) is 12.8. The van der Waals surface area contributed by atoms with Gasteiger partial charge in [0, 0.05) is 13.1 Å². The van der Waals surface area contributed by atoms with E-state index in [4.69, 9.17) is 4.74 Å². The molecule has 0 unspecified atom stereocenters. The van der Waals surface area contributed by atoms with E-state index in [-0.39, 0.29) is 6.09 Å². The first kappa shape index (κ1) is 11.0. The van der Waals surface area contributed by atoms with Crippen molar-refractivity contribution in [2.75, 3.05) is 19.7 Å². The number of hydrogen-bond acceptors (Lipinski definition) is 2. The molecule has 0 aromatic rings. The van der Waals surface area contributed by atoms with Crippen molar-refractivity contribution < 1.29 is 9.53 Å². The summed E-state index contributed by atoms with van der Waals surface area (Å²) in [5.41, 5.74) is 0.963. The molecule has 0 N–H and O–H groups in total. The fourth-order valence-corrected chi connectivity index (χ4v) is 0.846. The van der Waals surface area contributed by atoms with Crippen molar-refractivity contribution in [3.8, 4) is 0 Å². The highest BCUT2D eigenvalue weighted by Crippen LogP contribution is 1.98. The summed E-state index contributed by atoms with van der Waals surface area (Å²) in [6, 6.07) is 0. The molecule has 3 heteroatoms. The van der Waals surface area contributed by atoms with Crippen LogP contribution in [-0.4, -0.2) is 30.7 Å². The van der Waals surface area contributed by atoms with Crippen LogP contribution >= 0.6 is 0 Å². The van der Waals surface area contributed by atoms with Gasteiger partial charge in [-0.1, -0.05) is 12.2 Å². The van der Waals surface area contributed by atoms with E-state index in [0.29, 0.717) is 19.7 Å². The lowest BCUT2D eigenvalue weighted by molar-refractivity contribution is 0.112. The molecule has 0 fully saturated rings. The van der Waals surface area contributed by atoms with Crippen LogP contribution < -0.4 is 0 Å². The Kier molecular flexibility index (Phi) is 5.17. The van der Waals surface area contributed by atoms with Crippen LogP contribution in [0, 0.1) is 0 Å². The second kappa shape index (κ2) is 5.63. The highest BCUT2D eigenvalue weighted by Gasteiger charge is 2.11. The molecular formula is C9H17NO2. The molecular weight excluding hydrogens is 154 g/mol. The second-order valence-electron chi connectivity index (χ2n) is 2.67. The van der Waals surface area contributed by atoms with Crippen LogP contribution in [0.2, 0.25) is 0 Å². The molecule has 12 heavy (non-hydrogen) atoms. The summed E-state index contributed by atoms with van der Waals surface area (Å²) < 4.78 is 4.84. The van der Waals surface area contributed by atoms with Crippen molar-refractivity contribution in [3.63, 3.8) is 0 Å². The van der Waals surface area contributed by atoms with E-state index in [9.17, 15) is 4.79 Å². The smallest absolute Gasteiger partial charge is 0.410 e. The normalized spacial score (nSPS) is 9.25. The van der Waals surface area contributed by atoms with Crippen LogP contribution in [0.1, 0.15) is 20.8 Å². The van der Waals surface area contributed by atoms with Gasteiger partial charge >= 0.3 is 6.09 Å². The Balaban J connectivity index is 3.96. The van der Waals surface area contributed by atoms with Crippen molar-refractivity contribution in [2.45, 2.75) is 20.8 Å². The van der Waals surface area contributed by atoms with Crippen LogP contribution in [0.4, 0.5) is 4.79 Å². The molecule has 0 aliphatic rings. The van der Waals surface area contributed by atoms with E-state index in [1.54, 1.807) is 11.8 Å². The number of amides is 1. The van der Waals surface area contributed by atoms with Crippen molar-refractivity contribution >= 4 is 6.09 Å². The first-order valence-electron chi connectivity index (χ1n) is 4.17. The minimum absolute atomic E-state index is 0.261. The quantitative estimate of drug-likeness (QED) is 0.606. The summed E-state index contributed by atoms with van der Waals surface area (Å²) in [5, 5.41) is 0. The molecule has 0 aromatic carbocycles. The van der Waals surface area contributed by atoms with Gasteiger partial charge in [-0.2, -0.15) is 0 Å². The van der Waals surface area contributed by atoms with E-state index in [1.165, 1.54) is 0 Å². The molecule has 0 atom stereocenters. The van der Waals surface area contributed by atoms with E-state index < -0.39 is 0 Å². The predicted octanol–water partition coefficient (Wildman–Crippen LogP) is 2.04. The highest BCUT2D eigenvalue weighted by atomic mass is 16.6. The lowest BCUT2D eigenvalue weighted by Crippen LogP contribution is -2.32. The Hall–Kier alpha value is -0.990. The largest absolute Gasteiger partial charge is 0.450 e. The van der Waals surface area contributed by atoms with Crippen LogP contribution in [0.15, 0.2) is 12.2 Å².